The lowest BCUT2D eigenvalue weighted by atomic mass is 9.79. The molecule has 1 N–H and O–H groups in total. The van der Waals surface area contributed by atoms with Gasteiger partial charge >= 0.3 is 0 Å². The Bertz CT molecular complexity index is 223. The fourth-order valence-electron chi connectivity index (χ4n) is 2.74. The molecule has 0 radical (unpaired) electrons. The molecule has 1 aliphatic carbocycles. The molecule has 0 bridgehead atoms. The zero-order valence-corrected chi connectivity index (χ0v) is 13.5. The van der Waals surface area contributed by atoms with Crippen molar-refractivity contribution in [1.29, 1.82) is 0 Å². The van der Waals surface area contributed by atoms with E-state index in [9.17, 15) is 5.11 Å². The lowest BCUT2D eigenvalue weighted by Gasteiger charge is -2.34. The Kier molecular flexibility index (Phi) is 7.75. The smallest absolute Gasteiger partial charge is 0.0568 e. The summed E-state index contributed by atoms with van der Waals surface area (Å²) in [7, 11) is -0.262. The van der Waals surface area contributed by atoms with Crippen molar-refractivity contribution < 1.29 is 9.63 Å². The summed E-state index contributed by atoms with van der Waals surface area (Å²) in [6.07, 6.45) is 6.90. The number of aliphatic hydroxyl groups is 1. The standard InChI is InChI=1S/C15H31O2P/c1-5-12(3)10-17-18(4)11-13-7-8-15(16)14(6-2)9-13/h12-16H,5-11H2,1-4H3. The average Bonchev–Trinajstić information content (AvgIpc) is 2.38. The fourth-order valence-corrected chi connectivity index (χ4v) is 4.41. The van der Waals surface area contributed by atoms with Gasteiger partial charge in [-0.2, -0.15) is 0 Å². The average molecular weight is 274 g/mol. The molecule has 0 amide bonds. The van der Waals surface area contributed by atoms with Crippen molar-refractivity contribution in [3.8, 4) is 0 Å². The summed E-state index contributed by atoms with van der Waals surface area (Å²) in [6, 6.07) is 0. The molecule has 1 rings (SSSR count). The predicted molar refractivity (Wildman–Crippen MR) is 80.2 cm³/mol. The van der Waals surface area contributed by atoms with E-state index >= 15 is 0 Å². The fraction of sp³-hybridized carbons (Fsp3) is 1.00. The van der Waals surface area contributed by atoms with E-state index in [0.717, 1.165) is 25.4 Å². The molecule has 1 saturated carbocycles. The minimum Gasteiger partial charge on any atom is -0.393 e. The van der Waals surface area contributed by atoms with Crippen LogP contribution in [0.25, 0.3) is 0 Å². The molecule has 0 saturated heterocycles. The number of aliphatic hydroxyl groups excluding tert-OH is 1. The Morgan fingerprint density at radius 1 is 1.33 bits per heavy atom. The van der Waals surface area contributed by atoms with Crippen LogP contribution in [0.2, 0.25) is 0 Å². The number of hydrogen-bond acceptors (Lipinski definition) is 2. The van der Waals surface area contributed by atoms with Crippen molar-refractivity contribution in [2.45, 2.75) is 59.0 Å². The molecule has 0 aromatic carbocycles. The van der Waals surface area contributed by atoms with Crippen molar-refractivity contribution >= 4 is 8.15 Å². The molecule has 18 heavy (non-hydrogen) atoms. The summed E-state index contributed by atoms with van der Waals surface area (Å²) in [6.45, 7) is 9.87. The van der Waals surface area contributed by atoms with Gasteiger partial charge in [0.25, 0.3) is 0 Å². The highest BCUT2D eigenvalue weighted by molar-refractivity contribution is 7.51. The summed E-state index contributed by atoms with van der Waals surface area (Å²) in [5.74, 6) is 2.00. The van der Waals surface area contributed by atoms with Crippen LogP contribution in [0.1, 0.15) is 52.9 Å². The highest BCUT2D eigenvalue weighted by atomic mass is 31.1. The Labute approximate surface area is 114 Å². The van der Waals surface area contributed by atoms with Gasteiger partial charge in [0.15, 0.2) is 0 Å². The lowest BCUT2D eigenvalue weighted by molar-refractivity contribution is 0.0502. The van der Waals surface area contributed by atoms with E-state index in [4.69, 9.17) is 4.52 Å². The van der Waals surface area contributed by atoms with Crippen LogP contribution in [-0.4, -0.2) is 30.6 Å². The number of hydrogen-bond donors (Lipinski definition) is 1. The quantitative estimate of drug-likeness (QED) is 0.703. The topological polar surface area (TPSA) is 29.5 Å². The van der Waals surface area contributed by atoms with Crippen LogP contribution < -0.4 is 0 Å². The molecule has 0 aliphatic heterocycles. The Morgan fingerprint density at radius 2 is 2.06 bits per heavy atom. The van der Waals surface area contributed by atoms with E-state index in [1.54, 1.807) is 0 Å². The van der Waals surface area contributed by atoms with Crippen LogP contribution in [0.5, 0.6) is 0 Å². The molecule has 0 heterocycles. The normalized spacial score (nSPS) is 32.2. The molecule has 0 aromatic rings. The first-order valence-electron chi connectivity index (χ1n) is 7.58. The highest BCUT2D eigenvalue weighted by Gasteiger charge is 2.28. The van der Waals surface area contributed by atoms with Crippen LogP contribution in [0, 0.1) is 17.8 Å². The molecule has 2 nitrogen and oxygen atoms in total. The molecule has 3 heteroatoms. The minimum absolute atomic E-state index is 0.0460. The molecule has 0 aromatic heterocycles. The van der Waals surface area contributed by atoms with E-state index in [0.29, 0.717) is 11.8 Å². The van der Waals surface area contributed by atoms with Crippen LogP contribution in [-0.2, 0) is 4.52 Å². The summed E-state index contributed by atoms with van der Waals surface area (Å²) < 4.78 is 6.00. The van der Waals surface area contributed by atoms with Gasteiger partial charge in [0.2, 0.25) is 0 Å². The third kappa shape index (κ3) is 5.55. The molecular weight excluding hydrogens is 243 g/mol. The van der Waals surface area contributed by atoms with Crippen molar-refractivity contribution in [2.75, 3.05) is 19.4 Å². The Morgan fingerprint density at radius 3 is 2.67 bits per heavy atom. The van der Waals surface area contributed by atoms with Gasteiger partial charge in [-0.1, -0.05) is 33.6 Å². The summed E-state index contributed by atoms with van der Waals surface area (Å²) in [5.41, 5.74) is 0. The SMILES string of the molecule is CCC(C)COP(C)CC1CCC(O)C(CC)C1. The van der Waals surface area contributed by atoms with Crippen molar-refractivity contribution in [3.63, 3.8) is 0 Å². The van der Waals surface area contributed by atoms with E-state index in [2.05, 4.69) is 27.4 Å². The Hall–Kier alpha value is 0.350. The number of rotatable bonds is 7. The van der Waals surface area contributed by atoms with E-state index in [1.807, 2.05) is 0 Å². The van der Waals surface area contributed by atoms with Gasteiger partial charge in [0.1, 0.15) is 0 Å². The monoisotopic (exact) mass is 274 g/mol. The third-order valence-corrected chi connectivity index (χ3v) is 5.99. The molecule has 108 valence electrons. The first kappa shape index (κ1) is 16.4. The summed E-state index contributed by atoms with van der Waals surface area (Å²) in [4.78, 5) is 0. The van der Waals surface area contributed by atoms with Gasteiger partial charge in [0, 0.05) is 8.15 Å². The van der Waals surface area contributed by atoms with Gasteiger partial charge in [-0.15, -0.1) is 0 Å². The van der Waals surface area contributed by atoms with Gasteiger partial charge in [-0.25, -0.2) is 0 Å². The summed E-state index contributed by atoms with van der Waals surface area (Å²) in [5, 5.41) is 9.90. The first-order chi connectivity index (χ1) is 8.56. The lowest BCUT2D eigenvalue weighted by Crippen LogP contribution is -2.29. The van der Waals surface area contributed by atoms with Crippen LogP contribution in [0.15, 0.2) is 0 Å². The van der Waals surface area contributed by atoms with Crippen LogP contribution in [0.3, 0.4) is 0 Å². The highest BCUT2D eigenvalue weighted by Crippen LogP contribution is 2.41. The molecule has 0 spiro atoms. The van der Waals surface area contributed by atoms with E-state index in [1.165, 1.54) is 25.4 Å². The maximum absolute atomic E-state index is 9.90. The molecule has 1 fully saturated rings. The first-order valence-corrected chi connectivity index (χ1v) is 9.48. The van der Waals surface area contributed by atoms with Crippen molar-refractivity contribution in [1.82, 2.24) is 0 Å². The zero-order valence-electron chi connectivity index (χ0n) is 12.6. The van der Waals surface area contributed by atoms with Crippen LogP contribution in [0.4, 0.5) is 0 Å². The Balaban J connectivity index is 2.25. The van der Waals surface area contributed by atoms with Gasteiger partial charge in [-0.3, -0.25) is 0 Å². The maximum atomic E-state index is 9.90. The zero-order chi connectivity index (χ0) is 13.5. The summed E-state index contributed by atoms with van der Waals surface area (Å²) >= 11 is 0. The minimum atomic E-state index is -0.262. The second-order valence-corrected chi connectivity index (χ2v) is 7.91. The van der Waals surface area contributed by atoms with Crippen molar-refractivity contribution in [3.05, 3.63) is 0 Å². The molecule has 5 atom stereocenters. The molecule has 5 unspecified atom stereocenters. The molecule has 1 aliphatic rings. The van der Waals surface area contributed by atoms with E-state index in [-0.39, 0.29) is 14.3 Å². The third-order valence-electron chi connectivity index (χ3n) is 4.37. The van der Waals surface area contributed by atoms with Gasteiger partial charge in [-0.05, 0) is 49.8 Å². The van der Waals surface area contributed by atoms with Gasteiger partial charge < -0.3 is 9.63 Å². The second-order valence-electron chi connectivity index (χ2n) is 6.03. The molecular formula is C15H31O2P. The maximum Gasteiger partial charge on any atom is 0.0568 e. The van der Waals surface area contributed by atoms with Crippen LogP contribution >= 0.6 is 8.15 Å². The largest absolute Gasteiger partial charge is 0.393 e. The van der Waals surface area contributed by atoms with Crippen molar-refractivity contribution in [2.24, 2.45) is 17.8 Å². The van der Waals surface area contributed by atoms with E-state index < -0.39 is 0 Å². The predicted octanol–water partition coefficient (Wildman–Crippen LogP) is 4.26. The second kappa shape index (κ2) is 8.51. The van der Waals surface area contributed by atoms with Gasteiger partial charge in [0.05, 0.1) is 12.7 Å².